The molecule has 2 aromatic rings. The maximum atomic E-state index is 13.0. The van der Waals surface area contributed by atoms with Crippen molar-refractivity contribution in [3.8, 4) is 0 Å². The zero-order valence-electron chi connectivity index (χ0n) is 14.6. The van der Waals surface area contributed by atoms with Gasteiger partial charge in [-0.05, 0) is 50.5 Å². The average molecular weight is 342 g/mol. The second-order valence-electron chi connectivity index (χ2n) is 6.86. The number of hydrogen-bond acceptors (Lipinski definition) is 4. The monoisotopic (exact) mass is 342 g/mol. The van der Waals surface area contributed by atoms with Gasteiger partial charge in [-0.2, -0.15) is 0 Å². The third-order valence-electron chi connectivity index (χ3n) is 4.70. The lowest BCUT2D eigenvalue weighted by atomic mass is 9.81. The molecule has 1 aliphatic rings. The summed E-state index contributed by atoms with van der Waals surface area (Å²) in [6, 6.07) is 8.07. The lowest BCUT2D eigenvalue weighted by Crippen LogP contribution is -2.50. The highest BCUT2D eigenvalue weighted by Gasteiger charge is 2.38. The van der Waals surface area contributed by atoms with Gasteiger partial charge in [0.1, 0.15) is 17.5 Å². The molecule has 0 radical (unpaired) electrons. The smallest absolute Gasteiger partial charge is 0.227 e. The molecule has 1 aromatic heterocycles. The minimum atomic E-state index is -0.475. The van der Waals surface area contributed by atoms with E-state index in [1.54, 1.807) is 18.3 Å². The first-order valence-corrected chi connectivity index (χ1v) is 8.54. The molecule has 0 aliphatic carbocycles. The molecule has 1 aromatic carbocycles. The van der Waals surface area contributed by atoms with Gasteiger partial charge in [-0.3, -0.25) is 4.79 Å². The number of halogens is 1. The number of nitrogens with one attached hydrogen (secondary N) is 1. The molecule has 1 atom stereocenters. The zero-order chi connectivity index (χ0) is 17.9. The van der Waals surface area contributed by atoms with Gasteiger partial charge >= 0.3 is 0 Å². The number of amides is 1. The molecule has 0 spiro atoms. The van der Waals surface area contributed by atoms with Crippen molar-refractivity contribution in [2.75, 3.05) is 18.0 Å². The molecule has 0 unspecified atom stereocenters. The third kappa shape index (κ3) is 4.13. The van der Waals surface area contributed by atoms with E-state index < -0.39 is 5.41 Å². The fraction of sp³-hybridized carbons (Fsp3) is 0.421. The Morgan fingerprint density at radius 3 is 2.80 bits per heavy atom. The predicted molar refractivity (Wildman–Crippen MR) is 94.6 cm³/mol. The van der Waals surface area contributed by atoms with E-state index in [-0.39, 0.29) is 11.7 Å². The first-order chi connectivity index (χ1) is 12.0. The summed E-state index contributed by atoms with van der Waals surface area (Å²) in [4.78, 5) is 23.5. The summed E-state index contributed by atoms with van der Waals surface area (Å²) in [6.07, 6.45) is 3.52. The summed E-state index contributed by atoms with van der Waals surface area (Å²) in [6.45, 7) is 5.77. The first-order valence-electron chi connectivity index (χ1n) is 8.54. The average Bonchev–Trinajstić information content (AvgIpc) is 2.61. The Kier molecular flexibility index (Phi) is 4.97. The van der Waals surface area contributed by atoms with Crippen LogP contribution in [0.5, 0.6) is 0 Å². The number of carbonyl (C=O) groups excluding carboxylic acids is 1. The van der Waals surface area contributed by atoms with E-state index in [1.165, 1.54) is 12.1 Å². The summed E-state index contributed by atoms with van der Waals surface area (Å²) in [5.41, 5.74) is 0.411. The van der Waals surface area contributed by atoms with Gasteiger partial charge in [0.05, 0.1) is 5.41 Å². The highest BCUT2D eigenvalue weighted by Crippen LogP contribution is 2.32. The highest BCUT2D eigenvalue weighted by molar-refractivity contribution is 5.83. The van der Waals surface area contributed by atoms with E-state index in [4.69, 9.17) is 0 Å². The molecular weight excluding hydrogens is 319 g/mol. The van der Waals surface area contributed by atoms with Crippen LogP contribution in [0.15, 0.2) is 36.5 Å². The largest absolute Gasteiger partial charge is 0.355 e. The van der Waals surface area contributed by atoms with Crippen molar-refractivity contribution in [1.29, 1.82) is 0 Å². The van der Waals surface area contributed by atoms with Crippen LogP contribution in [0.3, 0.4) is 0 Å². The Labute approximate surface area is 147 Å². The topological polar surface area (TPSA) is 58.1 Å². The van der Waals surface area contributed by atoms with Crippen molar-refractivity contribution in [2.45, 2.75) is 33.2 Å². The third-order valence-corrected chi connectivity index (χ3v) is 4.70. The minimum absolute atomic E-state index is 0.0207. The van der Waals surface area contributed by atoms with Gasteiger partial charge in [-0.1, -0.05) is 12.1 Å². The Morgan fingerprint density at radius 1 is 1.32 bits per heavy atom. The van der Waals surface area contributed by atoms with Gasteiger partial charge in [-0.15, -0.1) is 0 Å². The van der Waals surface area contributed by atoms with Crippen LogP contribution in [0.1, 0.15) is 31.2 Å². The molecule has 6 heteroatoms. The highest BCUT2D eigenvalue weighted by atomic mass is 19.1. The number of piperidine rings is 1. The minimum Gasteiger partial charge on any atom is -0.355 e. The second kappa shape index (κ2) is 7.17. The fourth-order valence-electron chi connectivity index (χ4n) is 3.24. The van der Waals surface area contributed by atoms with Crippen LogP contribution in [0, 0.1) is 18.2 Å². The van der Waals surface area contributed by atoms with Crippen molar-refractivity contribution in [2.24, 2.45) is 5.41 Å². The Bertz CT molecular complexity index is 749. The number of aromatic nitrogens is 2. The molecule has 1 saturated heterocycles. The standard InChI is InChI=1S/C19H23FN4O/c1-14-21-10-8-17(23-14)24-11-3-9-19(2,13-24)18(25)22-12-15-4-6-16(20)7-5-15/h4-8,10H,3,9,11-13H2,1-2H3,(H,22,25)/t19-/m0/s1. The van der Waals surface area contributed by atoms with Gasteiger partial charge in [0, 0.05) is 25.8 Å². The first kappa shape index (κ1) is 17.3. The number of aryl methyl sites for hydroxylation is 1. The lowest BCUT2D eigenvalue weighted by molar-refractivity contribution is -0.130. The van der Waals surface area contributed by atoms with Crippen molar-refractivity contribution < 1.29 is 9.18 Å². The molecule has 1 aliphatic heterocycles. The van der Waals surface area contributed by atoms with Crippen LogP contribution in [-0.2, 0) is 11.3 Å². The number of carbonyl (C=O) groups is 1. The quantitative estimate of drug-likeness (QED) is 0.928. The van der Waals surface area contributed by atoms with Gasteiger partial charge in [0.2, 0.25) is 5.91 Å². The molecule has 132 valence electrons. The Balaban J connectivity index is 1.65. The van der Waals surface area contributed by atoms with Crippen molar-refractivity contribution in [3.63, 3.8) is 0 Å². The summed E-state index contributed by atoms with van der Waals surface area (Å²) < 4.78 is 13.0. The molecule has 1 amide bonds. The number of nitrogens with zero attached hydrogens (tertiary/aromatic N) is 3. The number of benzene rings is 1. The van der Waals surface area contributed by atoms with Crippen LogP contribution in [0.2, 0.25) is 0 Å². The Morgan fingerprint density at radius 2 is 2.08 bits per heavy atom. The van der Waals surface area contributed by atoms with E-state index in [0.717, 1.165) is 36.6 Å². The summed E-state index contributed by atoms with van der Waals surface area (Å²) in [5.74, 6) is 1.34. The van der Waals surface area contributed by atoms with E-state index in [0.29, 0.717) is 13.1 Å². The number of anilines is 1. The van der Waals surface area contributed by atoms with Gasteiger partial charge in [0.25, 0.3) is 0 Å². The SMILES string of the molecule is Cc1nccc(N2CCC[C@](C)(C(=O)NCc3ccc(F)cc3)C2)n1. The van der Waals surface area contributed by atoms with E-state index in [9.17, 15) is 9.18 Å². The van der Waals surface area contributed by atoms with Crippen molar-refractivity contribution in [1.82, 2.24) is 15.3 Å². The molecule has 0 saturated carbocycles. The van der Waals surface area contributed by atoms with Gasteiger partial charge < -0.3 is 10.2 Å². The van der Waals surface area contributed by atoms with Crippen LogP contribution < -0.4 is 10.2 Å². The summed E-state index contributed by atoms with van der Waals surface area (Å²) in [5, 5.41) is 2.99. The maximum Gasteiger partial charge on any atom is 0.227 e. The Hall–Kier alpha value is -2.50. The molecular formula is C19H23FN4O. The zero-order valence-corrected chi connectivity index (χ0v) is 14.6. The molecule has 1 fully saturated rings. The molecule has 3 rings (SSSR count). The number of hydrogen-bond donors (Lipinski definition) is 1. The van der Waals surface area contributed by atoms with Gasteiger partial charge in [0.15, 0.2) is 0 Å². The normalized spacial score (nSPS) is 20.4. The van der Waals surface area contributed by atoms with E-state index in [1.807, 2.05) is 19.9 Å². The molecule has 1 N–H and O–H groups in total. The van der Waals surface area contributed by atoms with Crippen molar-refractivity contribution >= 4 is 11.7 Å². The van der Waals surface area contributed by atoms with Crippen LogP contribution in [-0.4, -0.2) is 29.0 Å². The lowest BCUT2D eigenvalue weighted by Gasteiger charge is -2.40. The fourth-order valence-corrected chi connectivity index (χ4v) is 3.24. The van der Waals surface area contributed by atoms with Crippen LogP contribution in [0.25, 0.3) is 0 Å². The molecule has 0 bridgehead atoms. The van der Waals surface area contributed by atoms with Gasteiger partial charge in [-0.25, -0.2) is 14.4 Å². The van der Waals surface area contributed by atoms with E-state index >= 15 is 0 Å². The maximum absolute atomic E-state index is 13.0. The van der Waals surface area contributed by atoms with Crippen LogP contribution in [0.4, 0.5) is 10.2 Å². The molecule has 2 heterocycles. The molecule has 5 nitrogen and oxygen atoms in total. The van der Waals surface area contributed by atoms with Crippen molar-refractivity contribution in [3.05, 3.63) is 53.7 Å². The molecule has 25 heavy (non-hydrogen) atoms. The summed E-state index contributed by atoms with van der Waals surface area (Å²) in [7, 11) is 0. The van der Waals surface area contributed by atoms with E-state index in [2.05, 4.69) is 20.2 Å². The van der Waals surface area contributed by atoms with Crippen LogP contribution >= 0.6 is 0 Å². The predicted octanol–water partition coefficient (Wildman–Crippen LogP) is 2.85. The number of rotatable bonds is 4. The second-order valence-corrected chi connectivity index (χ2v) is 6.86. The summed E-state index contributed by atoms with van der Waals surface area (Å²) >= 11 is 0.